The van der Waals surface area contributed by atoms with Gasteiger partial charge in [-0.15, -0.1) is 0 Å². The maximum Gasteiger partial charge on any atom is 0.332 e. The van der Waals surface area contributed by atoms with E-state index in [9.17, 15) is 4.79 Å². The molecule has 0 aromatic heterocycles. The number of rotatable bonds is 2. The fraction of sp³-hybridized carbons (Fsp3) is 0.323. The fourth-order valence-electron chi connectivity index (χ4n) is 7.03. The largest absolute Gasteiger partial charge is 0.449 e. The van der Waals surface area contributed by atoms with E-state index in [-0.39, 0.29) is 24.2 Å². The van der Waals surface area contributed by atoms with Crippen molar-refractivity contribution in [1.82, 2.24) is 4.90 Å². The molecule has 0 amide bonds. The summed E-state index contributed by atoms with van der Waals surface area (Å²) in [6.45, 7) is 2.14. The zero-order chi connectivity index (χ0) is 23.7. The Morgan fingerprint density at radius 1 is 1.06 bits per heavy atom. The average molecular weight is 462 g/mol. The number of ether oxygens (including phenoxy) is 2. The quantitative estimate of drug-likeness (QED) is 0.301. The van der Waals surface area contributed by atoms with Gasteiger partial charge in [0.25, 0.3) is 0 Å². The Labute approximate surface area is 205 Å². The van der Waals surface area contributed by atoms with Gasteiger partial charge in [-0.25, -0.2) is 4.79 Å². The molecule has 4 aliphatic rings. The minimum Gasteiger partial charge on any atom is -0.449 e. The summed E-state index contributed by atoms with van der Waals surface area (Å²) < 4.78 is 11.8. The molecule has 2 saturated heterocycles. The highest BCUT2D eigenvalue weighted by Crippen LogP contribution is 2.56. The van der Waals surface area contributed by atoms with E-state index in [0.717, 1.165) is 41.4 Å². The van der Waals surface area contributed by atoms with Crippen LogP contribution in [0.15, 0.2) is 77.9 Å². The monoisotopic (exact) mass is 461 g/mol. The van der Waals surface area contributed by atoms with Crippen LogP contribution in [0.1, 0.15) is 31.7 Å². The molecule has 2 bridgehead atoms. The second-order valence-electron chi connectivity index (χ2n) is 10.2. The number of carbonyl (C=O) groups excluding carboxylic acids is 1. The van der Waals surface area contributed by atoms with E-state index in [0.29, 0.717) is 6.04 Å². The van der Waals surface area contributed by atoms with E-state index in [2.05, 4.69) is 84.3 Å². The molecule has 2 fully saturated rings. The van der Waals surface area contributed by atoms with Crippen molar-refractivity contribution in [2.45, 2.75) is 56.0 Å². The lowest BCUT2D eigenvalue weighted by Gasteiger charge is -2.33. The van der Waals surface area contributed by atoms with Gasteiger partial charge in [0, 0.05) is 48.4 Å². The predicted octanol–water partition coefficient (Wildman–Crippen LogP) is 5.15. The van der Waals surface area contributed by atoms with Crippen molar-refractivity contribution >= 4 is 27.5 Å². The highest BCUT2D eigenvalue weighted by Gasteiger charge is 2.64. The highest BCUT2D eigenvalue weighted by atomic mass is 16.6. The standard InChI is InChI=1S/C31H27NO3/c1-19(34-2)28-13-14-29-31-18-23(32(28)29)16-22(27(31)17-30(33)35-31)12-11-21-15-20-7-3-4-8-24(20)26-10-6-5-9-25(21)26/h3-10,15-17,19,23,28-29H,13-14,18H2,1-2H3/t19?,23-,28-,29-,31+/m1/s1. The van der Waals surface area contributed by atoms with E-state index in [1.807, 2.05) is 0 Å². The van der Waals surface area contributed by atoms with Crippen LogP contribution in [-0.4, -0.2) is 47.8 Å². The van der Waals surface area contributed by atoms with E-state index in [1.54, 1.807) is 13.2 Å². The van der Waals surface area contributed by atoms with Gasteiger partial charge in [-0.1, -0.05) is 66.4 Å². The van der Waals surface area contributed by atoms with Gasteiger partial charge in [-0.05, 0) is 47.4 Å². The molecule has 1 aliphatic carbocycles. The Kier molecular flexibility index (Phi) is 4.52. The lowest BCUT2D eigenvalue weighted by atomic mass is 9.77. The van der Waals surface area contributed by atoms with E-state index in [1.165, 1.54) is 16.2 Å². The number of fused-ring (bicyclic) bond motifs is 6. The number of hydrogen-bond acceptors (Lipinski definition) is 4. The molecule has 3 aromatic carbocycles. The zero-order valence-electron chi connectivity index (χ0n) is 20.0. The van der Waals surface area contributed by atoms with Crippen LogP contribution in [-0.2, 0) is 14.3 Å². The average Bonchev–Trinajstić information content (AvgIpc) is 3.54. The van der Waals surface area contributed by atoms with Gasteiger partial charge in [0.1, 0.15) is 0 Å². The second kappa shape index (κ2) is 7.55. The van der Waals surface area contributed by atoms with E-state index >= 15 is 0 Å². The van der Waals surface area contributed by atoms with Crippen molar-refractivity contribution in [3.05, 3.63) is 83.5 Å². The molecule has 1 unspecified atom stereocenters. The number of hydrogen-bond donors (Lipinski definition) is 0. The summed E-state index contributed by atoms with van der Waals surface area (Å²) in [7, 11) is 1.78. The second-order valence-corrected chi connectivity index (χ2v) is 10.2. The van der Waals surface area contributed by atoms with Crippen LogP contribution in [0.3, 0.4) is 0 Å². The minimum atomic E-state index is -0.575. The van der Waals surface area contributed by atoms with Crippen LogP contribution in [0, 0.1) is 11.8 Å². The third kappa shape index (κ3) is 2.92. The molecule has 3 aromatic rings. The molecule has 0 N–H and O–H groups in total. The van der Waals surface area contributed by atoms with Gasteiger partial charge < -0.3 is 9.47 Å². The van der Waals surface area contributed by atoms with Crippen molar-refractivity contribution in [1.29, 1.82) is 0 Å². The molecule has 7 rings (SSSR count). The fourth-order valence-corrected chi connectivity index (χ4v) is 7.03. The molecule has 174 valence electrons. The zero-order valence-corrected chi connectivity index (χ0v) is 20.0. The Morgan fingerprint density at radius 2 is 1.83 bits per heavy atom. The van der Waals surface area contributed by atoms with Crippen LogP contribution in [0.2, 0.25) is 0 Å². The summed E-state index contributed by atoms with van der Waals surface area (Å²) in [5.74, 6) is 6.73. The van der Waals surface area contributed by atoms with Gasteiger partial charge in [0.2, 0.25) is 0 Å². The van der Waals surface area contributed by atoms with Gasteiger partial charge in [0.15, 0.2) is 5.60 Å². The molecule has 35 heavy (non-hydrogen) atoms. The van der Waals surface area contributed by atoms with Crippen LogP contribution < -0.4 is 0 Å². The van der Waals surface area contributed by atoms with E-state index in [4.69, 9.17) is 9.47 Å². The molecule has 4 heteroatoms. The van der Waals surface area contributed by atoms with Gasteiger partial charge in [-0.2, -0.15) is 0 Å². The maximum absolute atomic E-state index is 12.6. The third-order valence-electron chi connectivity index (χ3n) is 8.58. The first kappa shape index (κ1) is 20.9. The number of benzene rings is 3. The Hall–Kier alpha value is -3.39. The van der Waals surface area contributed by atoms with Crippen molar-refractivity contribution in [3.63, 3.8) is 0 Å². The summed E-state index contributed by atoms with van der Waals surface area (Å²) in [6, 6.07) is 19.8. The molecule has 3 aliphatic heterocycles. The topological polar surface area (TPSA) is 38.8 Å². The third-order valence-corrected chi connectivity index (χ3v) is 8.58. The Bertz CT molecular complexity index is 1520. The number of carbonyl (C=O) groups is 1. The number of esters is 1. The summed E-state index contributed by atoms with van der Waals surface area (Å²) in [5.41, 5.74) is 2.33. The van der Waals surface area contributed by atoms with Crippen LogP contribution in [0.4, 0.5) is 0 Å². The highest BCUT2D eigenvalue weighted by molar-refractivity contribution is 6.10. The summed E-state index contributed by atoms with van der Waals surface area (Å²) in [4.78, 5) is 15.1. The molecule has 1 spiro atoms. The molecule has 0 saturated carbocycles. The van der Waals surface area contributed by atoms with Gasteiger partial charge >= 0.3 is 5.97 Å². The molecule has 5 atom stereocenters. The predicted molar refractivity (Wildman–Crippen MR) is 137 cm³/mol. The summed E-state index contributed by atoms with van der Waals surface area (Å²) in [5, 5.41) is 4.77. The molecule has 4 nitrogen and oxygen atoms in total. The first-order valence-electron chi connectivity index (χ1n) is 12.5. The first-order valence-corrected chi connectivity index (χ1v) is 12.5. The van der Waals surface area contributed by atoms with Crippen molar-refractivity contribution in [2.24, 2.45) is 0 Å². The van der Waals surface area contributed by atoms with Crippen molar-refractivity contribution < 1.29 is 14.3 Å². The van der Waals surface area contributed by atoms with Gasteiger partial charge in [0.05, 0.1) is 12.1 Å². The number of methoxy groups -OCH3 is 1. The maximum atomic E-state index is 12.6. The van der Waals surface area contributed by atoms with Crippen LogP contribution in [0.25, 0.3) is 21.5 Å². The smallest absolute Gasteiger partial charge is 0.332 e. The molecule has 0 radical (unpaired) electrons. The lowest BCUT2D eigenvalue weighted by Crippen LogP contribution is -2.47. The Balaban J connectivity index is 1.36. The van der Waals surface area contributed by atoms with E-state index < -0.39 is 5.60 Å². The minimum absolute atomic E-state index is 0.132. The van der Waals surface area contributed by atoms with Gasteiger partial charge in [-0.3, -0.25) is 4.90 Å². The summed E-state index contributed by atoms with van der Waals surface area (Å²) in [6.07, 6.45) is 6.96. The molecular weight excluding hydrogens is 434 g/mol. The molecule has 3 heterocycles. The normalized spacial score (nSPS) is 29.8. The Morgan fingerprint density at radius 3 is 2.66 bits per heavy atom. The molecular formula is C31H27NO3. The van der Waals surface area contributed by atoms with Crippen molar-refractivity contribution in [3.8, 4) is 11.8 Å². The van der Waals surface area contributed by atoms with Crippen LogP contribution in [0.5, 0.6) is 0 Å². The summed E-state index contributed by atoms with van der Waals surface area (Å²) >= 11 is 0. The first-order chi connectivity index (χ1) is 17.1. The number of nitrogens with zero attached hydrogens (tertiary/aromatic N) is 1. The SMILES string of the molecule is COC(C)[C@H]1CC[C@H]2N1[C@@H]1C=C(C#Cc3cc4ccccc4c4ccccc34)C3=CC(=O)O[C@@]32C1. The van der Waals surface area contributed by atoms with Crippen LogP contribution >= 0.6 is 0 Å². The lowest BCUT2D eigenvalue weighted by molar-refractivity contribution is -0.147. The van der Waals surface area contributed by atoms with Crippen molar-refractivity contribution in [2.75, 3.05) is 7.11 Å².